The van der Waals surface area contributed by atoms with Crippen LogP contribution >= 0.6 is 35.6 Å². The van der Waals surface area contributed by atoms with Crippen molar-refractivity contribution in [3.63, 3.8) is 0 Å². The zero-order valence-corrected chi connectivity index (χ0v) is 10.6. The van der Waals surface area contributed by atoms with E-state index >= 15 is 0 Å². The second-order valence-electron chi connectivity index (χ2n) is 3.42. The molecule has 0 saturated carbocycles. The van der Waals surface area contributed by atoms with E-state index in [1.165, 1.54) is 4.90 Å². The predicted octanol–water partition coefficient (Wildman–Crippen LogP) is 3.85. The van der Waals surface area contributed by atoms with Crippen LogP contribution in [-0.4, -0.2) is 17.7 Å². The summed E-state index contributed by atoms with van der Waals surface area (Å²) in [6, 6.07) is 3.29. The number of carbonyl (C=O) groups is 1. The van der Waals surface area contributed by atoms with Crippen molar-refractivity contribution in [3.05, 3.63) is 27.7 Å². The van der Waals surface area contributed by atoms with Gasteiger partial charge in [-0.25, -0.2) is 4.79 Å². The average Bonchev–Trinajstić information content (AvgIpc) is 2.16. The molecule has 1 amide bonds. The molecule has 0 spiro atoms. The normalized spacial score (nSPS) is 14.0. The molecular formula is C10H10Cl3NO2. The number of rotatable bonds is 0. The highest BCUT2D eigenvalue weighted by Gasteiger charge is 2.24. The molecule has 0 saturated heterocycles. The number of hydrogen-bond acceptors (Lipinski definition) is 1. The zero-order chi connectivity index (χ0) is 11.0. The Hall–Kier alpha value is -0.640. The van der Waals surface area contributed by atoms with Crippen molar-refractivity contribution >= 4 is 47.4 Å². The lowest BCUT2D eigenvalue weighted by Crippen LogP contribution is -2.34. The summed E-state index contributed by atoms with van der Waals surface area (Å²) in [6.45, 7) is 0.499. The Morgan fingerprint density at radius 1 is 1.38 bits per heavy atom. The number of hydrogen-bond donors (Lipinski definition) is 1. The Labute approximate surface area is 109 Å². The Balaban J connectivity index is 0.00000128. The van der Waals surface area contributed by atoms with E-state index in [1.54, 1.807) is 12.1 Å². The first kappa shape index (κ1) is 13.4. The van der Waals surface area contributed by atoms with Crippen molar-refractivity contribution in [2.24, 2.45) is 0 Å². The van der Waals surface area contributed by atoms with Crippen LogP contribution in [0.5, 0.6) is 0 Å². The molecule has 0 bridgehead atoms. The zero-order valence-electron chi connectivity index (χ0n) is 8.24. The number of halogens is 3. The van der Waals surface area contributed by atoms with Gasteiger partial charge >= 0.3 is 6.09 Å². The third-order valence-electron chi connectivity index (χ3n) is 2.47. The molecule has 1 heterocycles. The van der Waals surface area contributed by atoms with Crippen LogP contribution in [0.1, 0.15) is 12.0 Å². The highest BCUT2D eigenvalue weighted by molar-refractivity contribution is 6.35. The van der Waals surface area contributed by atoms with E-state index in [2.05, 4.69) is 0 Å². The van der Waals surface area contributed by atoms with Gasteiger partial charge < -0.3 is 5.11 Å². The smallest absolute Gasteiger partial charge is 0.411 e. The molecule has 0 unspecified atom stereocenters. The van der Waals surface area contributed by atoms with Crippen molar-refractivity contribution in [3.8, 4) is 0 Å². The molecule has 1 N–H and O–H groups in total. The molecule has 1 aliphatic heterocycles. The van der Waals surface area contributed by atoms with Crippen LogP contribution < -0.4 is 4.90 Å². The summed E-state index contributed by atoms with van der Waals surface area (Å²) in [5.74, 6) is 0. The van der Waals surface area contributed by atoms with Gasteiger partial charge in [0.05, 0.1) is 5.69 Å². The molecule has 3 nitrogen and oxygen atoms in total. The molecule has 0 fully saturated rings. The first-order chi connectivity index (χ1) is 7.09. The minimum Gasteiger partial charge on any atom is -0.465 e. The molecule has 88 valence electrons. The monoisotopic (exact) mass is 281 g/mol. The van der Waals surface area contributed by atoms with Gasteiger partial charge in [-0.2, -0.15) is 0 Å². The van der Waals surface area contributed by atoms with Crippen LogP contribution in [0.4, 0.5) is 10.5 Å². The Bertz CT molecular complexity index is 423. The summed E-state index contributed by atoms with van der Waals surface area (Å²) >= 11 is 11.9. The van der Waals surface area contributed by atoms with Gasteiger partial charge in [0, 0.05) is 16.6 Å². The van der Waals surface area contributed by atoms with Crippen molar-refractivity contribution in [2.45, 2.75) is 12.8 Å². The largest absolute Gasteiger partial charge is 0.465 e. The average molecular weight is 283 g/mol. The second-order valence-corrected chi connectivity index (χ2v) is 4.27. The summed E-state index contributed by atoms with van der Waals surface area (Å²) in [7, 11) is 0. The summed E-state index contributed by atoms with van der Waals surface area (Å²) in [6.07, 6.45) is 0.629. The first-order valence-electron chi connectivity index (χ1n) is 4.58. The standard InChI is InChI=1S/C10H9Cl2NO2.ClH/c11-6-4-8(12)7-2-1-3-13(10(14)15)9(7)5-6;/h4-5H,1-3H2,(H,14,15);1H. The summed E-state index contributed by atoms with van der Waals surface area (Å²) < 4.78 is 0. The van der Waals surface area contributed by atoms with Crippen LogP contribution in [-0.2, 0) is 6.42 Å². The highest BCUT2D eigenvalue weighted by Crippen LogP contribution is 2.35. The first-order valence-corrected chi connectivity index (χ1v) is 5.33. The van der Waals surface area contributed by atoms with Gasteiger partial charge in [0.15, 0.2) is 0 Å². The van der Waals surface area contributed by atoms with Gasteiger partial charge in [-0.15, -0.1) is 12.4 Å². The third-order valence-corrected chi connectivity index (χ3v) is 3.02. The van der Waals surface area contributed by atoms with Crippen LogP contribution in [0, 0.1) is 0 Å². The van der Waals surface area contributed by atoms with Crippen LogP contribution in [0.2, 0.25) is 10.0 Å². The molecule has 0 radical (unpaired) electrons. The van der Waals surface area contributed by atoms with E-state index in [1.807, 2.05) is 0 Å². The van der Waals surface area contributed by atoms with E-state index in [0.29, 0.717) is 22.3 Å². The van der Waals surface area contributed by atoms with Gasteiger partial charge in [0.25, 0.3) is 0 Å². The van der Waals surface area contributed by atoms with Gasteiger partial charge in [-0.3, -0.25) is 4.90 Å². The number of amides is 1. The molecular weight excluding hydrogens is 272 g/mol. The molecule has 0 aromatic heterocycles. The topological polar surface area (TPSA) is 40.5 Å². The van der Waals surface area contributed by atoms with E-state index in [9.17, 15) is 4.79 Å². The summed E-state index contributed by atoms with van der Waals surface area (Å²) in [5, 5.41) is 10.0. The van der Waals surface area contributed by atoms with E-state index in [-0.39, 0.29) is 12.4 Å². The van der Waals surface area contributed by atoms with Crippen molar-refractivity contribution in [1.29, 1.82) is 0 Å². The number of benzene rings is 1. The molecule has 1 aromatic carbocycles. The van der Waals surface area contributed by atoms with Gasteiger partial charge in [-0.1, -0.05) is 23.2 Å². The lowest BCUT2D eigenvalue weighted by Gasteiger charge is -2.27. The van der Waals surface area contributed by atoms with Crippen LogP contribution in [0.3, 0.4) is 0 Å². The summed E-state index contributed by atoms with van der Waals surface area (Å²) in [5.41, 5.74) is 1.49. The van der Waals surface area contributed by atoms with Crippen LogP contribution in [0.15, 0.2) is 12.1 Å². The van der Waals surface area contributed by atoms with Crippen molar-refractivity contribution in [2.75, 3.05) is 11.4 Å². The van der Waals surface area contributed by atoms with Gasteiger partial charge in [0.1, 0.15) is 0 Å². The molecule has 0 aliphatic carbocycles. The van der Waals surface area contributed by atoms with Gasteiger partial charge in [-0.05, 0) is 30.5 Å². The Morgan fingerprint density at radius 3 is 2.69 bits per heavy atom. The molecule has 0 atom stereocenters. The lowest BCUT2D eigenvalue weighted by atomic mass is 10.0. The summed E-state index contributed by atoms with van der Waals surface area (Å²) in [4.78, 5) is 12.3. The van der Waals surface area contributed by atoms with Crippen LogP contribution in [0.25, 0.3) is 0 Å². The number of fused-ring (bicyclic) bond motifs is 1. The Kier molecular flexibility index (Phi) is 4.30. The van der Waals surface area contributed by atoms with Crippen molar-refractivity contribution in [1.82, 2.24) is 0 Å². The van der Waals surface area contributed by atoms with E-state index in [4.69, 9.17) is 28.3 Å². The minimum absolute atomic E-state index is 0. The quantitative estimate of drug-likeness (QED) is 0.785. The lowest BCUT2D eigenvalue weighted by molar-refractivity contribution is 0.201. The number of anilines is 1. The fourth-order valence-corrected chi connectivity index (χ4v) is 2.39. The number of carboxylic acid groups (broad SMARTS) is 1. The number of nitrogens with zero attached hydrogens (tertiary/aromatic N) is 1. The van der Waals surface area contributed by atoms with Gasteiger partial charge in [0.2, 0.25) is 0 Å². The maximum Gasteiger partial charge on any atom is 0.411 e. The fourth-order valence-electron chi connectivity index (χ4n) is 1.81. The molecule has 2 rings (SSSR count). The third kappa shape index (κ3) is 2.37. The molecule has 1 aliphatic rings. The Morgan fingerprint density at radius 2 is 2.06 bits per heavy atom. The maximum atomic E-state index is 11.0. The van der Waals surface area contributed by atoms with E-state index in [0.717, 1.165) is 18.4 Å². The molecule has 1 aromatic rings. The minimum atomic E-state index is -0.964. The predicted molar refractivity (Wildman–Crippen MR) is 67.4 cm³/mol. The fraction of sp³-hybridized carbons (Fsp3) is 0.300. The SMILES string of the molecule is Cl.O=C(O)N1CCCc2c(Cl)cc(Cl)cc21. The highest BCUT2D eigenvalue weighted by atomic mass is 35.5. The van der Waals surface area contributed by atoms with E-state index < -0.39 is 6.09 Å². The molecule has 6 heteroatoms. The van der Waals surface area contributed by atoms with Crippen molar-refractivity contribution < 1.29 is 9.90 Å². The second kappa shape index (κ2) is 5.13. The molecule has 16 heavy (non-hydrogen) atoms. The maximum absolute atomic E-state index is 11.0.